The lowest BCUT2D eigenvalue weighted by atomic mass is 10.1. The van der Waals surface area contributed by atoms with Crippen molar-refractivity contribution in [3.8, 4) is 5.75 Å². The highest BCUT2D eigenvalue weighted by Crippen LogP contribution is 2.41. The molecule has 3 rings (SSSR count). The van der Waals surface area contributed by atoms with E-state index >= 15 is 0 Å². The molecule has 0 amide bonds. The summed E-state index contributed by atoms with van der Waals surface area (Å²) in [7, 11) is 3.69. The summed E-state index contributed by atoms with van der Waals surface area (Å²) in [5, 5.41) is 11.5. The lowest BCUT2D eigenvalue weighted by molar-refractivity contribution is 0.413. The summed E-state index contributed by atoms with van der Waals surface area (Å²) in [6.07, 6.45) is 2.57. The molecule has 0 spiro atoms. The number of nitrogens with one attached hydrogen (secondary N) is 2. The second-order valence-corrected chi connectivity index (χ2v) is 5.71. The molecule has 0 radical (unpaired) electrons. The Hall–Kier alpha value is -1.53. The van der Waals surface area contributed by atoms with E-state index in [1.165, 1.54) is 11.1 Å². The summed E-state index contributed by atoms with van der Waals surface area (Å²) < 4.78 is 5.31. The molecule has 5 nitrogen and oxygen atoms in total. The van der Waals surface area contributed by atoms with Crippen LogP contribution >= 0.6 is 11.8 Å². The fourth-order valence-electron chi connectivity index (χ4n) is 2.56. The van der Waals surface area contributed by atoms with E-state index in [9.17, 15) is 0 Å². The van der Waals surface area contributed by atoms with Gasteiger partial charge in [0.25, 0.3) is 0 Å². The van der Waals surface area contributed by atoms with Crippen LogP contribution in [0.5, 0.6) is 5.75 Å². The molecule has 0 bridgehead atoms. The molecule has 0 saturated heterocycles. The number of methoxy groups -OCH3 is 1. The summed E-state index contributed by atoms with van der Waals surface area (Å²) in [6.45, 7) is 0. The summed E-state index contributed by atoms with van der Waals surface area (Å²) >= 11 is 1.73. The first-order valence-corrected chi connectivity index (χ1v) is 7.06. The second-order valence-electron chi connectivity index (χ2n) is 4.48. The van der Waals surface area contributed by atoms with Crippen LogP contribution in [0.25, 0.3) is 0 Å². The Morgan fingerprint density at radius 2 is 2.37 bits per heavy atom. The predicted octanol–water partition coefficient (Wildman–Crippen LogP) is 1.79. The van der Waals surface area contributed by atoms with Crippen molar-refractivity contribution in [3.63, 3.8) is 0 Å². The van der Waals surface area contributed by atoms with Crippen LogP contribution in [0.3, 0.4) is 0 Å². The zero-order valence-electron chi connectivity index (χ0n) is 10.9. The molecule has 1 aromatic heterocycles. The number of ether oxygens (including phenoxy) is 1. The number of thioether (sulfide) groups is 1. The smallest absolute Gasteiger partial charge is 0.183 e. The minimum atomic E-state index is 0.306. The van der Waals surface area contributed by atoms with Gasteiger partial charge in [-0.3, -0.25) is 5.10 Å². The molecule has 1 aliphatic carbocycles. The number of nitrogens with zero attached hydrogens (tertiary/aromatic N) is 2. The van der Waals surface area contributed by atoms with Gasteiger partial charge >= 0.3 is 0 Å². The zero-order valence-corrected chi connectivity index (χ0v) is 11.7. The molecule has 1 aliphatic rings. The number of fused-ring (bicyclic) bond motifs is 1. The van der Waals surface area contributed by atoms with Gasteiger partial charge in [-0.15, -0.1) is 0 Å². The van der Waals surface area contributed by atoms with Crippen molar-refractivity contribution < 1.29 is 4.74 Å². The van der Waals surface area contributed by atoms with Crippen molar-refractivity contribution in [1.29, 1.82) is 0 Å². The van der Waals surface area contributed by atoms with Crippen molar-refractivity contribution >= 4 is 11.8 Å². The van der Waals surface area contributed by atoms with Gasteiger partial charge in [0, 0.05) is 11.3 Å². The van der Waals surface area contributed by atoms with Crippen LogP contribution in [-0.4, -0.2) is 34.6 Å². The van der Waals surface area contributed by atoms with Crippen LogP contribution in [0.1, 0.15) is 17.2 Å². The molecular formula is C13H16N4OS. The summed E-state index contributed by atoms with van der Waals surface area (Å²) in [4.78, 5) is 4.19. The maximum atomic E-state index is 5.31. The quantitative estimate of drug-likeness (QED) is 0.891. The molecule has 2 N–H and O–H groups in total. The molecule has 1 heterocycles. The Kier molecular flexibility index (Phi) is 3.44. The number of aromatic nitrogens is 3. The van der Waals surface area contributed by atoms with Gasteiger partial charge in [0.15, 0.2) is 5.16 Å². The van der Waals surface area contributed by atoms with Gasteiger partial charge in [0.2, 0.25) is 0 Å². The highest BCUT2D eigenvalue weighted by Gasteiger charge is 2.33. The van der Waals surface area contributed by atoms with Gasteiger partial charge in [-0.25, -0.2) is 4.98 Å². The number of hydrogen-bond acceptors (Lipinski definition) is 5. The first-order valence-electron chi connectivity index (χ1n) is 6.18. The van der Waals surface area contributed by atoms with Gasteiger partial charge in [0.05, 0.1) is 7.11 Å². The van der Waals surface area contributed by atoms with Gasteiger partial charge in [-0.2, -0.15) is 5.10 Å². The molecule has 19 heavy (non-hydrogen) atoms. The van der Waals surface area contributed by atoms with Crippen LogP contribution in [-0.2, 0) is 6.42 Å². The molecule has 1 aromatic carbocycles. The number of rotatable bonds is 4. The van der Waals surface area contributed by atoms with E-state index in [0.29, 0.717) is 11.3 Å². The molecule has 100 valence electrons. The Morgan fingerprint density at radius 1 is 1.47 bits per heavy atom. The van der Waals surface area contributed by atoms with Gasteiger partial charge < -0.3 is 10.1 Å². The van der Waals surface area contributed by atoms with E-state index in [0.717, 1.165) is 17.3 Å². The normalized spacial score (nSPS) is 21.4. The van der Waals surface area contributed by atoms with Crippen molar-refractivity contribution in [2.75, 3.05) is 14.2 Å². The largest absolute Gasteiger partial charge is 0.497 e. The van der Waals surface area contributed by atoms with Gasteiger partial charge in [-0.1, -0.05) is 17.8 Å². The summed E-state index contributed by atoms with van der Waals surface area (Å²) in [5.41, 5.74) is 2.69. The van der Waals surface area contributed by atoms with Crippen molar-refractivity contribution in [1.82, 2.24) is 20.5 Å². The Labute approximate surface area is 116 Å². The Bertz CT molecular complexity index is 558. The predicted molar refractivity (Wildman–Crippen MR) is 74.5 cm³/mol. The lowest BCUT2D eigenvalue weighted by Crippen LogP contribution is -2.23. The lowest BCUT2D eigenvalue weighted by Gasteiger charge is -2.18. The number of aromatic amines is 1. The maximum Gasteiger partial charge on any atom is 0.183 e. The highest BCUT2D eigenvalue weighted by atomic mass is 32.2. The summed E-state index contributed by atoms with van der Waals surface area (Å²) in [5.74, 6) is 0.907. The maximum absolute atomic E-state index is 5.31. The molecule has 2 unspecified atom stereocenters. The average Bonchev–Trinajstić information content (AvgIpc) is 3.05. The molecule has 2 atom stereocenters. The van der Waals surface area contributed by atoms with Crippen molar-refractivity contribution in [3.05, 3.63) is 35.7 Å². The third-order valence-corrected chi connectivity index (χ3v) is 4.61. The molecular weight excluding hydrogens is 260 g/mol. The van der Waals surface area contributed by atoms with E-state index < -0.39 is 0 Å². The van der Waals surface area contributed by atoms with E-state index in [-0.39, 0.29) is 0 Å². The van der Waals surface area contributed by atoms with E-state index in [1.54, 1.807) is 25.2 Å². The first-order chi connectivity index (χ1) is 9.31. The van der Waals surface area contributed by atoms with Crippen LogP contribution < -0.4 is 10.1 Å². The average molecular weight is 276 g/mol. The monoisotopic (exact) mass is 276 g/mol. The van der Waals surface area contributed by atoms with Crippen LogP contribution in [0.4, 0.5) is 0 Å². The standard InChI is InChI=1S/C13H16N4OS/c1-14-12-10-6-9(18-2)4-3-8(10)5-11(12)19-13-15-7-16-17-13/h3-4,6-7,11-12,14H,5H2,1-2H3,(H,15,16,17). The van der Waals surface area contributed by atoms with E-state index in [2.05, 4.69) is 32.6 Å². The van der Waals surface area contributed by atoms with Crippen LogP contribution in [0, 0.1) is 0 Å². The fourth-order valence-corrected chi connectivity index (χ4v) is 3.74. The third-order valence-electron chi connectivity index (χ3n) is 3.45. The number of benzene rings is 1. The molecule has 0 aliphatic heterocycles. The highest BCUT2D eigenvalue weighted by molar-refractivity contribution is 7.99. The topological polar surface area (TPSA) is 62.8 Å². The van der Waals surface area contributed by atoms with Crippen molar-refractivity contribution in [2.24, 2.45) is 0 Å². The molecule has 0 saturated carbocycles. The SMILES string of the molecule is CNC1c2cc(OC)ccc2CC1Sc1ncn[nH]1. The molecule has 0 fully saturated rings. The van der Waals surface area contributed by atoms with Gasteiger partial charge in [0.1, 0.15) is 12.1 Å². The fraction of sp³-hybridized carbons (Fsp3) is 0.385. The Balaban J connectivity index is 1.86. The number of hydrogen-bond donors (Lipinski definition) is 2. The first kappa shape index (κ1) is 12.5. The third kappa shape index (κ3) is 2.33. The summed E-state index contributed by atoms with van der Waals surface area (Å²) in [6, 6.07) is 6.60. The molecule has 2 aromatic rings. The van der Waals surface area contributed by atoms with E-state index in [4.69, 9.17) is 4.74 Å². The zero-order chi connectivity index (χ0) is 13.2. The molecule has 6 heteroatoms. The minimum Gasteiger partial charge on any atom is -0.497 e. The van der Waals surface area contributed by atoms with Gasteiger partial charge in [-0.05, 0) is 36.7 Å². The van der Waals surface area contributed by atoms with E-state index in [1.807, 2.05) is 13.1 Å². The second kappa shape index (κ2) is 5.22. The number of H-pyrrole nitrogens is 1. The van der Waals surface area contributed by atoms with Crippen LogP contribution in [0.15, 0.2) is 29.7 Å². The Morgan fingerprint density at radius 3 is 3.05 bits per heavy atom. The minimum absolute atomic E-state index is 0.306. The van der Waals surface area contributed by atoms with Crippen molar-refractivity contribution in [2.45, 2.75) is 22.9 Å². The van der Waals surface area contributed by atoms with Crippen LogP contribution in [0.2, 0.25) is 0 Å².